The van der Waals surface area contributed by atoms with Crippen molar-refractivity contribution in [1.29, 1.82) is 0 Å². The van der Waals surface area contributed by atoms with Crippen molar-refractivity contribution in [2.45, 2.75) is 18.7 Å². The first-order chi connectivity index (χ1) is 13.3. The highest BCUT2D eigenvalue weighted by atomic mass is 35.5. The molecule has 0 saturated carbocycles. The smallest absolute Gasteiger partial charge is 0.262 e. The number of anilines is 2. The number of sulfonamides is 1. The van der Waals surface area contributed by atoms with Gasteiger partial charge in [0, 0.05) is 16.3 Å². The maximum atomic E-state index is 12.9. The van der Waals surface area contributed by atoms with E-state index >= 15 is 0 Å². The number of carbonyl (C=O) groups excluding carboxylic acids is 1. The van der Waals surface area contributed by atoms with Crippen LogP contribution in [0.2, 0.25) is 5.02 Å². The highest BCUT2D eigenvalue weighted by Gasteiger charge is 2.20. The Kier molecular flexibility index (Phi) is 5.72. The van der Waals surface area contributed by atoms with Crippen LogP contribution in [-0.4, -0.2) is 14.3 Å². The van der Waals surface area contributed by atoms with Crippen LogP contribution in [-0.2, 0) is 10.0 Å². The largest absolute Gasteiger partial charge is 0.322 e. The Morgan fingerprint density at radius 1 is 0.893 bits per heavy atom. The van der Waals surface area contributed by atoms with Crippen molar-refractivity contribution < 1.29 is 13.2 Å². The van der Waals surface area contributed by atoms with Crippen LogP contribution in [0, 0.1) is 13.8 Å². The number of benzene rings is 3. The molecule has 3 rings (SSSR count). The summed E-state index contributed by atoms with van der Waals surface area (Å²) in [7, 11) is -3.85. The molecule has 0 unspecified atom stereocenters. The van der Waals surface area contributed by atoms with Gasteiger partial charge in [0.05, 0.1) is 10.6 Å². The molecule has 0 spiro atoms. The standard InChI is InChI=1S/C21H19ClN2O3S/c1-14-5-3-4-6-19(14)24-28(26,27)20-13-16(8-7-15(20)2)21(25)23-18-11-9-17(22)10-12-18/h3-13,24H,1-2H3,(H,23,25). The molecule has 0 aliphatic heterocycles. The van der Waals surface area contributed by atoms with Crippen LogP contribution >= 0.6 is 11.6 Å². The Morgan fingerprint density at radius 3 is 2.25 bits per heavy atom. The maximum Gasteiger partial charge on any atom is 0.262 e. The summed E-state index contributed by atoms with van der Waals surface area (Å²) in [5.74, 6) is -0.408. The molecule has 0 saturated heterocycles. The molecule has 0 atom stereocenters. The minimum atomic E-state index is -3.85. The van der Waals surface area contributed by atoms with Gasteiger partial charge in [0.15, 0.2) is 0 Å². The molecule has 0 radical (unpaired) electrons. The van der Waals surface area contributed by atoms with Crippen LogP contribution in [0.15, 0.2) is 71.6 Å². The van der Waals surface area contributed by atoms with Gasteiger partial charge < -0.3 is 5.32 Å². The van der Waals surface area contributed by atoms with E-state index < -0.39 is 15.9 Å². The van der Waals surface area contributed by atoms with Gasteiger partial charge in [0.2, 0.25) is 0 Å². The molecular weight excluding hydrogens is 396 g/mol. The molecule has 2 N–H and O–H groups in total. The van der Waals surface area contributed by atoms with Crippen LogP contribution in [0.5, 0.6) is 0 Å². The van der Waals surface area contributed by atoms with Crippen LogP contribution in [0.3, 0.4) is 0 Å². The average molecular weight is 415 g/mol. The summed E-state index contributed by atoms with van der Waals surface area (Å²) in [5.41, 5.74) is 2.66. The van der Waals surface area contributed by atoms with Gasteiger partial charge >= 0.3 is 0 Å². The lowest BCUT2D eigenvalue weighted by Crippen LogP contribution is -2.17. The van der Waals surface area contributed by atoms with Gasteiger partial charge in [0.1, 0.15) is 0 Å². The molecule has 28 heavy (non-hydrogen) atoms. The number of hydrogen-bond donors (Lipinski definition) is 2. The average Bonchev–Trinajstić information content (AvgIpc) is 2.65. The van der Waals surface area contributed by atoms with Gasteiger partial charge in [-0.2, -0.15) is 0 Å². The molecule has 144 valence electrons. The molecule has 0 bridgehead atoms. The van der Waals surface area contributed by atoms with Gasteiger partial charge in [-0.25, -0.2) is 8.42 Å². The van der Waals surface area contributed by atoms with Crippen molar-refractivity contribution in [3.63, 3.8) is 0 Å². The molecule has 0 aliphatic carbocycles. The van der Waals surface area contributed by atoms with Gasteiger partial charge in [-0.3, -0.25) is 9.52 Å². The second-order valence-electron chi connectivity index (χ2n) is 6.36. The van der Waals surface area contributed by atoms with Crippen molar-refractivity contribution >= 4 is 38.9 Å². The Labute approximate surface area is 169 Å². The zero-order valence-electron chi connectivity index (χ0n) is 15.4. The van der Waals surface area contributed by atoms with Gasteiger partial charge in [0.25, 0.3) is 15.9 Å². The SMILES string of the molecule is Cc1ccccc1NS(=O)(=O)c1cc(C(=O)Nc2ccc(Cl)cc2)ccc1C. The Hall–Kier alpha value is -2.83. The van der Waals surface area contributed by atoms with E-state index in [2.05, 4.69) is 10.0 Å². The first-order valence-corrected chi connectivity index (χ1v) is 10.4. The quantitative estimate of drug-likeness (QED) is 0.616. The van der Waals surface area contributed by atoms with E-state index in [1.54, 1.807) is 55.5 Å². The number of para-hydroxylation sites is 1. The number of nitrogens with one attached hydrogen (secondary N) is 2. The topological polar surface area (TPSA) is 75.3 Å². The molecule has 7 heteroatoms. The van der Waals surface area contributed by atoms with Crippen LogP contribution in [0.4, 0.5) is 11.4 Å². The van der Waals surface area contributed by atoms with Crippen molar-refractivity contribution in [2.24, 2.45) is 0 Å². The summed E-state index contributed by atoms with van der Waals surface area (Å²) >= 11 is 5.84. The molecule has 3 aromatic carbocycles. The molecule has 5 nitrogen and oxygen atoms in total. The van der Waals surface area contributed by atoms with Gasteiger partial charge in [-0.1, -0.05) is 35.9 Å². The maximum absolute atomic E-state index is 12.9. The van der Waals surface area contributed by atoms with E-state index in [1.165, 1.54) is 6.07 Å². The first kappa shape index (κ1) is 19.9. The van der Waals surface area contributed by atoms with Crippen molar-refractivity contribution in [2.75, 3.05) is 10.0 Å². The van der Waals surface area contributed by atoms with E-state index in [4.69, 9.17) is 11.6 Å². The Bertz CT molecular complexity index is 1130. The fraction of sp³-hybridized carbons (Fsp3) is 0.0952. The molecule has 1 amide bonds. The highest BCUT2D eigenvalue weighted by molar-refractivity contribution is 7.92. The summed E-state index contributed by atoms with van der Waals surface area (Å²) in [4.78, 5) is 12.6. The fourth-order valence-electron chi connectivity index (χ4n) is 2.65. The monoisotopic (exact) mass is 414 g/mol. The number of halogens is 1. The summed E-state index contributed by atoms with van der Waals surface area (Å²) in [6.07, 6.45) is 0. The van der Waals surface area contributed by atoms with E-state index in [-0.39, 0.29) is 10.5 Å². The lowest BCUT2D eigenvalue weighted by Gasteiger charge is -2.13. The van der Waals surface area contributed by atoms with Crippen LogP contribution in [0.25, 0.3) is 0 Å². The molecule has 3 aromatic rings. The zero-order valence-corrected chi connectivity index (χ0v) is 16.9. The van der Waals surface area contributed by atoms with Crippen molar-refractivity contribution in [3.8, 4) is 0 Å². The predicted molar refractivity (Wildman–Crippen MR) is 113 cm³/mol. The molecular formula is C21H19ClN2O3S. The van der Waals surface area contributed by atoms with E-state index in [1.807, 2.05) is 19.1 Å². The molecule has 0 aromatic heterocycles. The number of hydrogen-bond acceptors (Lipinski definition) is 3. The molecule has 0 heterocycles. The van der Waals surface area contributed by atoms with E-state index in [0.717, 1.165) is 5.56 Å². The van der Waals surface area contributed by atoms with Crippen LogP contribution in [0.1, 0.15) is 21.5 Å². The summed E-state index contributed by atoms with van der Waals surface area (Å²) in [6.45, 7) is 3.51. The van der Waals surface area contributed by atoms with Gasteiger partial charge in [-0.15, -0.1) is 0 Å². The normalized spacial score (nSPS) is 11.1. The van der Waals surface area contributed by atoms with Crippen molar-refractivity contribution in [1.82, 2.24) is 0 Å². The summed E-state index contributed by atoms with van der Waals surface area (Å²) in [6, 6.07) is 18.4. The minimum absolute atomic E-state index is 0.0551. The number of carbonyl (C=O) groups is 1. The second-order valence-corrected chi connectivity index (χ2v) is 8.45. The third kappa shape index (κ3) is 4.52. The summed E-state index contributed by atoms with van der Waals surface area (Å²) in [5, 5.41) is 3.29. The molecule has 0 aliphatic rings. The Balaban J connectivity index is 1.89. The predicted octanol–water partition coefficient (Wildman–Crippen LogP) is 5.01. The van der Waals surface area contributed by atoms with Crippen LogP contribution < -0.4 is 10.0 Å². The number of rotatable bonds is 5. The van der Waals surface area contributed by atoms with Crippen molar-refractivity contribution in [3.05, 3.63) is 88.4 Å². The zero-order chi connectivity index (χ0) is 20.3. The number of aryl methyl sites for hydroxylation is 2. The van der Waals surface area contributed by atoms with Gasteiger partial charge in [-0.05, 0) is 67.4 Å². The first-order valence-electron chi connectivity index (χ1n) is 8.52. The lowest BCUT2D eigenvalue weighted by molar-refractivity contribution is 0.102. The number of amides is 1. The lowest BCUT2D eigenvalue weighted by atomic mass is 10.1. The third-order valence-corrected chi connectivity index (χ3v) is 5.99. The van der Waals surface area contributed by atoms with E-state index in [9.17, 15) is 13.2 Å². The summed E-state index contributed by atoms with van der Waals surface area (Å²) < 4.78 is 28.4. The van der Waals surface area contributed by atoms with E-state index in [0.29, 0.717) is 22.0 Å². The minimum Gasteiger partial charge on any atom is -0.322 e. The Morgan fingerprint density at radius 2 is 1.57 bits per heavy atom. The molecule has 0 fully saturated rings. The third-order valence-electron chi connectivity index (χ3n) is 4.23. The second kappa shape index (κ2) is 8.04. The fourth-order valence-corrected chi connectivity index (χ4v) is 4.18. The highest BCUT2D eigenvalue weighted by Crippen LogP contribution is 2.23.